The highest BCUT2D eigenvalue weighted by atomic mass is 32.1. The summed E-state index contributed by atoms with van der Waals surface area (Å²) in [6.07, 6.45) is 7.85. The van der Waals surface area contributed by atoms with Gasteiger partial charge in [0.15, 0.2) is 0 Å². The molecular formula is C9H12N2OS. The third-order valence-corrected chi connectivity index (χ3v) is 3.46. The Balaban J connectivity index is 2.24. The van der Waals surface area contributed by atoms with Gasteiger partial charge in [-0.2, -0.15) is 0 Å². The van der Waals surface area contributed by atoms with E-state index in [1.807, 2.05) is 6.20 Å². The highest BCUT2D eigenvalue weighted by molar-refractivity contribution is 7.13. The molecule has 0 radical (unpaired) electrons. The van der Waals surface area contributed by atoms with Crippen molar-refractivity contribution in [1.82, 2.24) is 4.98 Å². The summed E-state index contributed by atoms with van der Waals surface area (Å²) in [4.78, 5) is 5.22. The van der Waals surface area contributed by atoms with Crippen LogP contribution in [0.15, 0.2) is 18.3 Å². The van der Waals surface area contributed by atoms with Crippen LogP contribution in [0.4, 0.5) is 0 Å². The van der Waals surface area contributed by atoms with Crippen LogP contribution >= 0.6 is 11.3 Å². The Kier molecular flexibility index (Phi) is 2.09. The zero-order valence-corrected chi connectivity index (χ0v) is 8.30. The quantitative estimate of drug-likeness (QED) is 0.732. The van der Waals surface area contributed by atoms with Crippen LogP contribution in [0.25, 0.3) is 0 Å². The first kappa shape index (κ1) is 8.72. The minimum atomic E-state index is -0.228. The molecule has 4 heteroatoms. The predicted molar refractivity (Wildman–Crippen MR) is 52.9 cm³/mol. The van der Waals surface area contributed by atoms with E-state index < -0.39 is 0 Å². The van der Waals surface area contributed by atoms with Crippen molar-refractivity contribution in [3.05, 3.63) is 23.2 Å². The third kappa shape index (κ3) is 1.47. The van der Waals surface area contributed by atoms with Gasteiger partial charge in [-0.05, 0) is 12.8 Å². The van der Waals surface area contributed by atoms with Crippen molar-refractivity contribution in [2.45, 2.75) is 18.4 Å². The first-order chi connectivity index (χ1) is 6.24. The van der Waals surface area contributed by atoms with E-state index in [1.165, 1.54) is 11.3 Å². The number of aromatic nitrogens is 1. The van der Waals surface area contributed by atoms with E-state index in [1.54, 1.807) is 7.11 Å². The van der Waals surface area contributed by atoms with Gasteiger partial charge in [0.25, 0.3) is 5.19 Å². The molecule has 0 aliphatic heterocycles. The zero-order chi connectivity index (χ0) is 9.31. The number of hydrogen-bond donors (Lipinski definition) is 1. The van der Waals surface area contributed by atoms with Gasteiger partial charge in [-0.1, -0.05) is 23.5 Å². The number of nitrogens with two attached hydrogens (primary N) is 1. The second-order valence-corrected chi connectivity index (χ2v) is 4.22. The molecule has 0 saturated carbocycles. The van der Waals surface area contributed by atoms with E-state index in [-0.39, 0.29) is 5.54 Å². The monoisotopic (exact) mass is 196 g/mol. The Morgan fingerprint density at radius 3 is 2.77 bits per heavy atom. The molecule has 1 heterocycles. The molecule has 0 atom stereocenters. The lowest BCUT2D eigenvalue weighted by Crippen LogP contribution is -2.32. The lowest BCUT2D eigenvalue weighted by atomic mass is 9.97. The predicted octanol–water partition coefficient (Wildman–Crippen LogP) is 1.66. The van der Waals surface area contributed by atoms with Gasteiger partial charge in [0.1, 0.15) is 0 Å². The van der Waals surface area contributed by atoms with Gasteiger partial charge in [-0.15, -0.1) is 0 Å². The molecule has 1 aliphatic rings. The molecule has 0 bridgehead atoms. The van der Waals surface area contributed by atoms with Gasteiger partial charge in [0.05, 0.1) is 12.6 Å². The highest BCUT2D eigenvalue weighted by Crippen LogP contribution is 2.36. The van der Waals surface area contributed by atoms with Gasteiger partial charge >= 0.3 is 0 Å². The molecule has 0 spiro atoms. The molecule has 1 aromatic heterocycles. The SMILES string of the molecule is COc1ncc(C2(N)CC=CC2)s1. The maximum atomic E-state index is 6.20. The summed E-state index contributed by atoms with van der Waals surface area (Å²) >= 11 is 1.53. The van der Waals surface area contributed by atoms with E-state index in [0.717, 1.165) is 17.7 Å². The maximum Gasteiger partial charge on any atom is 0.273 e. The fraction of sp³-hybridized carbons (Fsp3) is 0.444. The summed E-state index contributed by atoms with van der Waals surface area (Å²) in [7, 11) is 1.62. The molecule has 0 fully saturated rings. The summed E-state index contributed by atoms with van der Waals surface area (Å²) < 4.78 is 5.03. The fourth-order valence-corrected chi connectivity index (χ4v) is 2.31. The maximum absolute atomic E-state index is 6.20. The minimum Gasteiger partial charge on any atom is -0.473 e. The second-order valence-electron chi connectivity index (χ2n) is 3.23. The van der Waals surface area contributed by atoms with E-state index in [0.29, 0.717) is 5.19 Å². The van der Waals surface area contributed by atoms with E-state index in [4.69, 9.17) is 10.5 Å². The number of thiazole rings is 1. The van der Waals surface area contributed by atoms with Gasteiger partial charge in [-0.3, -0.25) is 0 Å². The first-order valence-corrected chi connectivity index (χ1v) is 5.00. The molecule has 0 aromatic carbocycles. The summed E-state index contributed by atoms with van der Waals surface area (Å²) in [6.45, 7) is 0. The molecule has 1 aliphatic carbocycles. The van der Waals surface area contributed by atoms with Crippen LogP contribution in [0.1, 0.15) is 17.7 Å². The molecule has 70 valence electrons. The Morgan fingerprint density at radius 1 is 1.54 bits per heavy atom. The number of hydrogen-bond acceptors (Lipinski definition) is 4. The fourth-order valence-electron chi connectivity index (χ4n) is 1.45. The first-order valence-electron chi connectivity index (χ1n) is 4.19. The van der Waals surface area contributed by atoms with Gasteiger partial charge < -0.3 is 10.5 Å². The molecular weight excluding hydrogens is 184 g/mol. The van der Waals surface area contributed by atoms with Crippen LogP contribution in [0.3, 0.4) is 0 Å². The molecule has 2 N–H and O–H groups in total. The van der Waals surface area contributed by atoms with Crippen molar-refractivity contribution in [2.75, 3.05) is 7.11 Å². The topological polar surface area (TPSA) is 48.1 Å². The zero-order valence-electron chi connectivity index (χ0n) is 7.49. The van der Waals surface area contributed by atoms with Crippen molar-refractivity contribution in [1.29, 1.82) is 0 Å². The van der Waals surface area contributed by atoms with Crippen LogP contribution in [-0.4, -0.2) is 12.1 Å². The number of nitrogens with zero attached hydrogens (tertiary/aromatic N) is 1. The summed E-state index contributed by atoms with van der Waals surface area (Å²) in [5.74, 6) is 0. The Bertz CT molecular complexity index is 324. The summed E-state index contributed by atoms with van der Waals surface area (Å²) in [6, 6.07) is 0. The smallest absolute Gasteiger partial charge is 0.273 e. The Labute approximate surface area is 81.2 Å². The van der Waals surface area contributed by atoms with Crippen LogP contribution < -0.4 is 10.5 Å². The molecule has 3 nitrogen and oxygen atoms in total. The van der Waals surface area contributed by atoms with Crippen molar-refractivity contribution < 1.29 is 4.74 Å². The van der Waals surface area contributed by atoms with Gasteiger partial charge in [0.2, 0.25) is 0 Å². The molecule has 0 unspecified atom stereocenters. The summed E-state index contributed by atoms with van der Waals surface area (Å²) in [5.41, 5.74) is 5.97. The van der Waals surface area contributed by atoms with Gasteiger partial charge in [-0.25, -0.2) is 4.98 Å². The normalized spacial score (nSPS) is 19.2. The van der Waals surface area contributed by atoms with Crippen molar-refractivity contribution in [3.8, 4) is 5.19 Å². The van der Waals surface area contributed by atoms with Crippen LogP contribution in [0, 0.1) is 0 Å². The average Bonchev–Trinajstić information content (AvgIpc) is 2.72. The van der Waals surface area contributed by atoms with E-state index >= 15 is 0 Å². The number of rotatable bonds is 2. The Hall–Kier alpha value is -0.870. The van der Waals surface area contributed by atoms with E-state index in [2.05, 4.69) is 17.1 Å². The second kappa shape index (κ2) is 3.12. The molecule has 2 rings (SSSR count). The van der Waals surface area contributed by atoms with Crippen LogP contribution in [0.5, 0.6) is 5.19 Å². The number of methoxy groups -OCH3 is 1. The van der Waals surface area contributed by atoms with Gasteiger partial charge in [0, 0.05) is 11.1 Å². The van der Waals surface area contributed by atoms with Crippen molar-refractivity contribution in [2.24, 2.45) is 5.73 Å². The Morgan fingerprint density at radius 2 is 2.23 bits per heavy atom. The lowest BCUT2D eigenvalue weighted by Gasteiger charge is -2.20. The van der Waals surface area contributed by atoms with Crippen molar-refractivity contribution in [3.63, 3.8) is 0 Å². The molecule has 0 saturated heterocycles. The molecule has 1 aromatic rings. The van der Waals surface area contributed by atoms with Crippen molar-refractivity contribution >= 4 is 11.3 Å². The largest absolute Gasteiger partial charge is 0.473 e. The molecule has 13 heavy (non-hydrogen) atoms. The summed E-state index contributed by atoms with van der Waals surface area (Å²) in [5, 5.41) is 0.687. The highest BCUT2D eigenvalue weighted by Gasteiger charge is 2.30. The lowest BCUT2D eigenvalue weighted by molar-refractivity contribution is 0.412. The number of ether oxygens (including phenoxy) is 1. The van der Waals surface area contributed by atoms with Crippen LogP contribution in [0.2, 0.25) is 0 Å². The third-order valence-electron chi connectivity index (χ3n) is 2.28. The van der Waals surface area contributed by atoms with E-state index in [9.17, 15) is 0 Å². The average molecular weight is 196 g/mol. The molecule has 0 amide bonds. The standard InChI is InChI=1S/C9H12N2OS/c1-12-8-11-6-7(13-8)9(10)4-2-3-5-9/h2-3,6H,4-5,10H2,1H3. The minimum absolute atomic E-state index is 0.228. The van der Waals surface area contributed by atoms with Crippen LogP contribution in [-0.2, 0) is 5.54 Å².